The maximum atomic E-state index is 12.5. The first-order chi connectivity index (χ1) is 14.8. The maximum absolute atomic E-state index is 12.5. The van der Waals surface area contributed by atoms with Crippen molar-refractivity contribution in [1.29, 1.82) is 0 Å². The summed E-state index contributed by atoms with van der Waals surface area (Å²) in [5.74, 6) is 1.22. The number of pyridine rings is 2. The molecule has 6 heteroatoms. The summed E-state index contributed by atoms with van der Waals surface area (Å²) in [4.78, 5) is 23.4. The van der Waals surface area contributed by atoms with Gasteiger partial charge in [0.05, 0.1) is 30.3 Å². The van der Waals surface area contributed by atoms with Crippen LogP contribution in [0.2, 0.25) is 0 Å². The zero-order valence-corrected chi connectivity index (χ0v) is 17.0. The topological polar surface area (TPSA) is 67.3 Å². The SMILES string of the molecule is O=C(c1ccc(NC2COCC2Cc2ccnc3ccccc23)nc1)N1CCCC1. The van der Waals surface area contributed by atoms with Gasteiger partial charge in [-0.3, -0.25) is 9.78 Å². The number of hydrogen-bond acceptors (Lipinski definition) is 5. The van der Waals surface area contributed by atoms with Crippen LogP contribution in [0.4, 0.5) is 5.82 Å². The van der Waals surface area contributed by atoms with Crippen molar-refractivity contribution in [3.63, 3.8) is 0 Å². The number of carbonyl (C=O) groups is 1. The summed E-state index contributed by atoms with van der Waals surface area (Å²) in [6.07, 6.45) is 6.67. The molecule has 154 valence electrons. The van der Waals surface area contributed by atoms with Gasteiger partial charge in [-0.1, -0.05) is 18.2 Å². The second-order valence-corrected chi connectivity index (χ2v) is 8.17. The summed E-state index contributed by atoms with van der Waals surface area (Å²) in [6.45, 7) is 3.08. The Morgan fingerprint density at radius 1 is 1.07 bits per heavy atom. The van der Waals surface area contributed by atoms with Crippen molar-refractivity contribution in [2.75, 3.05) is 31.6 Å². The molecule has 0 spiro atoms. The standard InChI is InChI=1S/C24H26N4O2/c29-24(28-11-3-4-12-28)18-7-8-23(26-14-18)27-22-16-30-15-19(22)13-17-9-10-25-21-6-2-1-5-20(17)21/h1-2,5-10,14,19,22H,3-4,11-13,15-16H2,(H,26,27). The molecule has 2 aliphatic rings. The summed E-state index contributed by atoms with van der Waals surface area (Å²) in [6, 6.07) is 14.3. The number of nitrogens with one attached hydrogen (secondary N) is 1. The molecule has 2 aliphatic heterocycles. The van der Waals surface area contributed by atoms with Crippen LogP contribution in [0.1, 0.15) is 28.8 Å². The number of anilines is 1. The van der Waals surface area contributed by atoms with Gasteiger partial charge in [-0.15, -0.1) is 0 Å². The van der Waals surface area contributed by atoms with Crippen LogP contribution in [-0.2, 0) is 11.2 Å². The zero-order chi connectivity index (χ0) is 20.3. The molecule has 1 aromatic carbocycles. The minimum absolute atomic E-state index is 0.0817. The first-order valence-corrected chi connectivity index (χ1v) is 10.7. The summed E-state index contributed by atoms with van der Waals surface area (Å²) in [5.41, 5.74) is 2.98. The number of fused-ring (bicyclic) bond motifs is 1. The third kappa shape index (κ3) is 3.87. The Balaban J connectivity index is 1.27. The number of ether oxygens (including phenoxy) is 1. The average Bonchev–Trinajstić information content (AvgIpc) is 3.47. The predicted octanol–water partition coefficient (Wildman–Crippen LogP) is 3.54. The van der Waals surface area contributed by atoms with Crippen molar-refractivity contribution in [3.8, 4) is 0 Å². The number of para-hydroxylation sites is 1. The number of likely N-dealkylation sites (tertiary alicyclic amines) is 1. The van der Waals surface area contributed by atoms with Gasteiger partial charge in [0.1, 0.15) is 5.82 Å². The minimum atomic E-state index is 0.0817. The molecule has 30 heavy (non-hydrogen) atoms. The third-order valence-electron chi connectivity index (χ3n) is 6.16. The number of benzene rings is 1. The first-order valence-electron chi connectivity index (χ1n) is 10.7. The highest BCUT2D eigenvalue weighted by Crippen LogP contribution is 2.26. The van der Waals surface area contributed by atoms with Crippen molar-refractivity contribution < 1.29 is 9.53 Å². The number of carbonyl (C=O) groups excluding carboxylic acids is 1. The number of hydrogen-bond donors (Lipinski definition) is 1. The van der Waals surface area contributed by atoms with Crippen LogP contribution in [-0.4, -0.2) is 53.1 Å². The minimum Gasteiger partial charge on any atom is -0.379 e. The van der Waals surface area contributed by atoms with E-state index in [4.69, 9.17) is 4.74 Å². The van der Waals surface area contributed by atoms with Gasteiger partial charge in [-0.2, -0.15) is 0 Å². The van der Waals surface area contributed by atoms with Crippen molar-refractivity contribution in [3.05, 3.63) is 66.0 Å². The highest BCUT2D eigenvalue weighted by Gasteiger charge is 2.29. The van der Waals surface area contributed by atoms with E-state index in [-0.39, 0.29) is 11.9 Å². The molecule has 0 saturated carbocycles. The van der Waals surface area contributed by atoms with Gasteiger partial charge in [0.2, 0.25) is 0 Å². The Morgan fingerprint density at radius 2 is 1.93 bits per heavy atom. The molecule has 2 fully saturated rings. The van der Waals surface area contributed by atoms with Crippen molar-refractivity contribution >= 4 is 22.6 Å². The lowest BCUT2D eigenvalue weighted by atomic mass is 9.93. The van der Waals surface area contributed by atoms with Gasteiger partial charge in [0, 0.05) is 36.8 Å². The lowest BCUT2D eigenvalue weighted by molar-refractivity contribution is 0.0792. The third-order valence-corrected chi connectivity index (χ3v) is 6.16. The van der Waals surface area contributed by atoms with E-state index in [0.29, 0.717) is 18.1 Å². The molecule has 2 saturated heterocycles. The summed E-state index contributed by atoms with van der Waals surface area (Å²) >= 11 is 0. The van der Waals surface area contributed by atoms with Crippen LogP contribution in [0.25, 0.3) is 10.9 Å². The largest absolute Gasteiger partial charge is 0.379 e. The van der Waals surface area contributed by atoms with Crippen LogP contribution in [0.5, 0.6) is 0 Å². The second kappa shape index (κ2) is 8.40. The Kier molecular flexibility index (Phi) is 5.32. The number of rotatable bonds is 5. The van der Waals surface area contributed by atoms with Gasteiger partial charge >= 0.3 is 0 Å². The molecule has 1 amide bonds. The van der Waals surface area contributed by atoms with E-state index in [1.165, 1.54) is 10.9 Å². The van der Waals surface area contributed by atoms with E-state index in [0.717, 1.165) is 50.3 Å². The molecule has 6 nitrogen and oxygen atoms in total. The van der Waals surface area contributed by atoms with E-state index >= 15 is 0 Å². The maximum Gasteiger partial charge on any atom is 0.255 e. The highest BCUT2D eigenvalue weighted by atomic mass is 16.5. The van der Waals surface area contributed by atoms with Crippen LogP contribution in [0, 0.1) is 5.92 Å². The second-order valence-electron chi connectivity index (χ2n) is 8.17. The molecule has 0 bridgehead atoms. The molecule has 0 aliphatic carbocycles. The number of nitrogens with zero attached hydrogens (tertiary/aromatic N) is 3. The fourth-order valence-electron chi connectivity index (χ4n) is 4.47. The number of aromatic nitrogens is 2. The summed E-state index contributed by atoms with van der Waals surface area (Å²) in [7, 11) is 0. The molecule has 2 aromatic heterocycles. The molecule has 1 N–H and O–H groups in total. The fraction of sp³-hybridized carbons (Fsp3) is 0.375. The van der Waals surface area contributed by atoms with E-state index in [1.54, 1.807) is 6.20 Å². The van der Waals surface area contributed by atoms with Crippen LogP contribution < -0.4 is 5.32 Å². The van der Waals surface area contributed by atoms with Gasteiger partial charge in [0.25, 0.3) is 5.91 Å². The highest BCUT2D eigenvalue weighted by molar-refractivity contribution is 5.94. The van der Waals surface area contributed by atoms with E-state index in [1.807, 2.05) is 29.3 Å². The number of amides is 1. The lowest BCUT2D eigenvalue weighted by Gasteiger charge is -2.20. The quantitative estimate of drug-likeness (QED) is 0.707. The van der Waals surface area contributed by atoms with Gasteiger partial charge in [-0.05, 0) is 49.1 Å². The van der Waals surface area contributed by atoms with Crippen molar-refractivity contribution in [2.45, 2.75) is 25.3 Å². The fourth-order valence-corrected chi connectivity index (χ4v) is 4.47. The Hall–Kier alpha value is -2.99. The van der Waals surface area contributed by atoms with Gasteiger partial charge < -0.3 is 15.0 Å². The smallest absolute Gasteiger partial charge is 0.255 e. The monoisotopic (exact) mass is 402 g/mol. The Morgan fingerprint density at radius 3 is 2.77 bits per heavy atom. The molecule has 2 unspecified atom stereocenters. The van der Waals surface area contributed by atoms with Crippen LogP contribution in [0.15, 0.2) is 54.9 Å². The molecule has 0 radical (unpaired) electrons. The molecule has 3 aromatic rings. The normalized spacial score (nSPS) is 21.3. The van der Waals surface area contributed by atoms with Crippen molar-refractivity contribution in [1.82, 2.24) is 14.9 Å². The first kappa shape index (κ1) is 19.0. The average molecular weight is 402 g/mol. The molecular weight excluding hydrogens is 376 g/mol. The van der Waals surface area contributed by atoms with E-state index in [9.17, 15) is 4.79 Å². The predicted molar refractivity (Wildman–Crippen MR) is 117 cm³/mol. The Bertz CT molecular complexity index is 1030. The lowest BCUT2D eigenvalue weighted by Crippen LogP contribution is -2.30. The van der Waals surface area contributed by atoms with Crippen LogP contribution >= 0.6 is 0 Å². The van der Waals surface area contributed by atoms with E-state index < -0.39 is 0 Å². The molecule has 5 rings (SSSR count). The molecule has 4 heterocycles. The molecular formula is C24H26N4O2. The van der Waals surface area contributed by atoms with E-state index in [2.05, 4.69) is 39.6 Å². The molecule has 2 atom stereocenters. The Labute approximate surface area is 176 Å². The van der Waals surface area contributed by atoms with Gasteiger partial charge in [0.15, 0.2) is 0 Å². The van der Waals surface area contributed by atoms with Crippen molar-refractivity contribution in [2.24, 2.45) is 5.92 Å². The van der Waals surface area contributed by atoms with Gasteiger partial charge in [-0.25, -0.2) is 4.98 Å². The summed E-state index contributed by atoms with van der Waals surface area (Å²) in [5, 5.41) is 4.72. The van der Waals surface area contributed by atoms with Crippen LogP contribution in [0.3, 0.4) is 0 Å². The summed E-state index contributed by atoms with van der Waals surface area (Å²) < 4.78 is 5.79. The zero-order valence-electron chi connectivity index (χ0n) is 17.0.